The molecule has 0 spiro atoms. The Morgan fingerprint density at radius 3 is 2.61 bits per heavy atom. The summed E-state index contributed by atoms with van der Waals surface area (Å²) >= 11 is 6.58. The van der Waals surface area contributed by atoms with Gasteiger partial charge in [-0.2, -0.15) is 0 Å². The number of halogens is 1. The third kappa shape index (κ3) is 4.34. The predicted octanol–water partition coefficient (Wildman–Crippen LogP) is 4.84. The lowest BCUT2D eigenvalue weighted by atomic mass is 9.74. The molecular formula is C28H31ClN2O5. The number of fused-ring (bicyclic) bond motifs is 1. The molecule has 5 rings (SSSR count). The van der Waals surface area contributed by atoms with Crippen LogP contribution in [0.25, 0.3) is 0 Å². The molecule has 3 aliphatic rings. The minimum Gasteiger partial charge on any atom is -0.490 e. The van der Waals surface area contributed by atoms with Gasteiger partial charge in [-0.25, -0.2) is 0 Å². The van der Waals surface area contributed by atoms with Gasteiger partial charge in [0.25, 0.3) is 5.91 Å². The highest BCUT2D eigenvalue weighted by Gasteiger charge is 2.53. The van der Waals surface area contributed by atoms with Crippen molar-refractivity contribution in [3.05, 3.63) is 65.2 Å². The highest BCUT2D eigenvalue weighted by Crippen LogP contribution is 2.49. The largest absolute Gasteiger partial charge is 0.490 e. The van der Waals surface area contributed by atoms with Crippen LogP contribution in [0, 0.1) is 11.8 Å². The number of rotatable bonds is 7. The maximum absolute atomic E-state index is 14.0. The summed E-state index contributed by atoms with van der Waals surface area (Å²) in [4.78, 5) is 33.6. The van der Waals surface area contributed by atoms with Crippen molar-refractivity contribution in [2.75, 3.05) is 13.2 Å². The average Bonchev–Trinajstić information content (AvgIpc) is 3.14. The molecule has 0 N–H and O–H groups in total. The third-order valence-corrected chi connectivity index (χ3v) is 7.87. The van der Waals surface area contributed by atoms with E-state index in [1.54, 1.807) is 17.3 Å². The second-order valence-corrected chi connectivity index (χ2v) is 10.2. The van der Waals surface area contributed by atoms with Gasteiger partial charge >= 0.3 is 0 Å². The van der Waals surface area contributed by atoms with Crippen LogP contribution in [0.2, 0.25) is 0 Å². The van der Waals surface area contributed by atoms with Gasteiger partial charge in [-0.1, -0.05) is 19.1 Å². The molecule has 7 nitrogen and oxygen atoms in total. The minimum atomic E-state index is -0.607. The smallest absolute Gasteiger partial charge is 0.290 e. The maximum atomic E-state index is 14.0. The summed E-state index contributed by atoms with van der Waals surface area (Å²) < 4.78 is 17.9. The zero-order chi connectivity index (χ0) is 25.4. The SMILES string of the molecule is CCOc1ccc(C2C3=C(OC4CC(C)C(Cl)CC4C3=O)C(=O)N2Cc2cccnc2)cc1OCC. The Bertz CT molecular complexity index is 1180. The van der Waals surface area contributed by atoms with Crippen molar-refractivity contribution in [1.29, 1.82) is 0 Å². The van der Waals surface area contributed by atoms with E-state index in [0.29, 0.717) is 49.7 Å². The molecular weight excluding hydrogens is 480 g/mol. The fourth-order valence-corrected chi connectivity index (χ4v) is 5.80. The third-order valence-electron chi connectivity index (χ3n) is 7.26. The van der Waals surface area contributed by atoms with Gasteiger partial charge in [-0.15, -0.1) is 11.6 Å². The Morgan fingerprint density at radius 1 is 1.11 bits per heavy atom. The van der Waals surface area contributed by atoms with E-state index in [9.17, 15) is 9.59 Å². The number of hydrogen-bond donors (Lipinski definition) is 0. The van der Waals surface area contributed by atoms with Crippen LogP contribution < -0.4 is 9.47 Å². The Balaban J connectivity index is 1.59. The van der Waals surface area contributed by atoms with Crippen LogP contribution in [0.3, 0.4) is 0 Å². The van der Waals surface area contributed by atoms with Crippen molar-refractivity contribution in [3.8, 4) is 11.5 Å². The lowest BCUT2D eigenvalue weighted by molar-refractivity contribution is -0.136. The lowest BCUT2D eigenvalue weighted by Crippen LogP contribution is -2.44. The van der Waals surface area contributed by atoms with E-state index < -0.39 is 6.04 Å². The summed E-state index contributed by atoms with van der Waals surface area (Å²) in [7, 11) is 0. The fourth-order valence-electron chi connectivity index (χ4n) is 5.50. The van der Waals surface area contributed by atoms with Crippen molar-refractivity contribution in [3.63, 3.8) is 0 Å². The van der Waals surface area contributed by atoms with Crippen LogP contribution in [0.15, 0.2) is 54.1 Å². The van der Waals surface area contributed by atoms with Gasteiger partial charge in [-0.05, 0) is 61.9 Å². The van der Waals surface area contributed by atoms with E-state index >= 15 is 0 Å². The topological polar surface area (TPSA) is 78.0 Å². The van der Waals surface area contributed by atoms with E-state index in [1.165, 1.54) is 0 Å². The lowest BCUT2D eigenvalue weighted by Gasteiger charge is -2.40. The number of Topliss-reactive ketones (excluding diaryl/α,β-unsaturated/α-hetero) is 1. The molecule has 5 unspecified atom stereocenters. The van der Waals surface area contributed by atoms with E-state index in [-0.39, 0.29) is 40.8 Å². The zero-order valence-electron chi connectivity index (χ0n) is 20.8. The number of benzene rings is 1. The second-order valence-electron chi connectivity index (χ2n) is 9.60. The number of nitrogens with zero attached hydrogens (tertiary/aromatic N) is 2. The Kier molecular flexibility index (Phi) is 6.93. The number of hydrogen-bond acceptors (Lipinski definition) is 6. The first kappa shape index (κ1) is 24.6. The van der Waals surface area contributed by atoms with Crippen molar-refractivity contribution in [2.45, 2.75) is 57.7 Å². The molecule has 190 valence electrons. The van der Waals surface area contributed by atoms with E-state index in [1.807, 2.05) is 44.2 Å². The van der Waals surface area contributed by atoms with E-state index in [2.05, 4.69) is 11.9 Å². The molecule has 0 bridgehead atoms. The maximum Gasteiger partial charge on any atom is 0.290 e. The van der Waals surface area contributed by atoms with Crippen LogP contribution in [-0.4, -0.2) is 46.3 Å². The first-order chi connectivity index (χ1) is 17.4. The first-order valence-electron chi connectivity index (χ1n) is 12.6. The predicted molar refractivity (Wildman–Crippen MR) is 135 cm³/mol. The van der Waals surface area contributed by atoms with Crippen LogP contribution in [0.1, 0.15) is 50.8 Å². The molecule has 0 radical (unpaired) electrons. The molecule has 1 aliphatic carbocycles. The Labute approximate surface area is 216 Å². The van der Waals surface area contributed by atoms with Gasteiger partial charge in [0.05, 0.1) is 30.7 Å². The molecule has 1 aromatic carbocycles. The number of ketones is 1. The summed E-state index contributed by atoms with van der Waals surface area (Å²) in [5.74, 6) is 0.900. The van der Waals surface area contributed by atoms with Crippen molar-refractivity contribution >= 4 is 23.3 Å². The molecule has 1 fully saturated rings. The molecule has 1 amide bonds. The quantitative estimate of drug-likeness (QED) is 0.496. The van der Waals surface area contributed by atoms with Crippen LogP contribution >= 0.6 is 11.6 Å². The Hall–Kier alpha value is -3.06. The summed E-state index contributed by atoms with van der Waals surface area (Å²) in [6.45, 7) is 7.13. The number of carbonyl (C=O) groups is 2. The summed E-state index contributed by atoms with van der Waals surface area (Å²) in [5, 5.41) is -0.0990. The molecule has 2 aromatic rings. The molecule has 2 aliphatic heterocycles. The molecule has 0 saturated heterocycles. The summed E-state index contributed by atoms with van der Waals surface area (Å²) in [5.41, 5.74) is 2.05. The number of carbonyl (C=O) groups excluding carboxylic acids is 2. The number of amides is 1. The summed E-state index contributed by atoms with van der Waals surface area (Å²) in [6, 6.07) is 8.74. The molecule has 5 atom stereocenters. The van der Waals surface area contributed by atoms with Gasteiger partial charge in [-0.3, -0.25) is 14.6 Å². The van der Waals surface area contributed by atoms with Gasteiger partial charge < -0.3 is 19.1 Å². The van der Waals surface area contributed by atoms with Crippen LogP contribution in [-0.2, 0) is 20.9 Å². The van der Waals surface area contributed by atoms with Gasteiger partial charge in [0, 0.05) is 24.3 Å². The van der Waals surface area contributed by atoms with E-state index in [0.717, 1.165) is 11.1 Å². The fraction of sp³-hybridized carbons (Fsp3) is 0.464. The first-order valence-corrected chi connectivity index (χ1v) is 13.0. The molecule has 36 heavy (non-hydrogen) atoms. The van der Waals surface area contributed by atoms with Crippen LogP contribution in [0.4, 0.5) is 0 Å². The van der Waals surface area contributed by atoms with Crippen molar-refractivity contribution < 1.29 is 23.8 Å². The number of ether oxygens (including phenoxy) is 3. The molecule has 8 heteroatoms. The standard InChI is InChI=1S/C28H31ClN2O5/c1-4-34-21-9-8-18(12-23(21)35-5-2)25-24-26(32)19-13-20(29)16(3)11-22(19)36-27(24)28(33)31(25)15-17-7-6-10-30-14-17/h6-10,12,14,16,19-20,22,25H,4-5,11,13,15H2,1-3H3. The molecule has 3 heterocycles. The monoisotopic (exact) mass is 510 g/mol. The second kappa shape index (κ2) is 10.1. The van der Waals surface area contributed by atoms with Gasteiger partial charge in [0.15, 0.2) is 23.0 Å². The highest BCUT2D eigenvalue weighted by atomic mass is 35.5. The van der Waals surface area contributed by atoms with Gasteiger partial charge in [0.2, 0.25) is 0 Å². The summed E-state index contributed by atoms with van der Waals surface area (Å²) in [6.07, 6.45) is 4.29. The van der Waals surface area contributed by atoms with E-state index in [4.69, 9.17) is 25.8 Å². The highest BCUT2D eigenvalue weighted by molar-refractivity contribution is 6.21. The van der Waals surface area contributed by atoms with Crippen LogP contribution in [0.5, 0.6) is 11.5 Å². The normalized spacial score (nSPS) is 27.4. The minimum absolute atomic E-state index is 0.0438. The molecule has 1 aromatic heterocycles. The number of alkyl halides is 1. The zero-order valence-corrected chi connectivity index (χ0v) is 21.5. The molecule has 1 saturated carbocycles. The number of aromatic nitrogens is 1. The number of pyridine rings is 1. The Morgan fingerprint density at radius 2 is 1.89 bits per heavy atom. The van der Waals surface area contributed by atoms with Crippen molar-refractivity contribution in [1.82, 2.24) is 9.88 Å². The average molecular weight is 511 g/mol. The van der Waals surface area contributed by atoms with Gasteiger partial charge in [0.1, 0.15) is 6.10 Å². The van der Waals surface area contributed by atoms with Crippen molar-refractivity contribution in [2.24, 2.45) is 11.8 Å².